The highest BCUT2D eigenvalue weighted by Crippen LogP contribution is 2.33. The normalized spacial score (nSPS) is 17.2. The van der Waals surface area contributed by atoms with Crippen LogP contribution in [0.1, 0.15) is 36.6 Å². The minimum Gasteiger partial charge on any atom is -0.478 e. The molecule has 0 aliphatic carbocycles. The van der Waals surface area contributed by atoms with Gasteiger partial charge in [0.05, 0.1) is 11.6 Å². The standard InChI is InChI=1S/C26H31N3O2/c1-5-19-8-6-7-9-23(19)20-10-11-24-21(16-20)13-15-29(4)25(24)17-28-18(2)22(26(30)31)12-14-27-3/h6-12,14,16,25,28H,3,5,13,15,17H2,1-2,4H3,(H,30,31)/b14-12-,22-18-/t25-/m1/s1. The fourth-order valence-corrected chi connectivity index (χ4v) is 4.21. The highest BCUT2D eigenvalue weighted by atomic mass is 16.4. The lowest BCUT2D eigenvalue weighted by molar-refractivity contribution is -0.132. The number of allylic oxidation sites excluding steroid dienone is 1. The highest BCUT2D eigenvalue weighted by molar-refractivity contribution is 5.90. The fraction of sp³-hybridized carbons (Fsp3) is 0.308. The van der Waals surface area contributed by atoms with Crippen LogP contribution in [0.15, 0.2) is 71.0 Å². The van der Waals surface area contributed by atoms with E-state index in [2.05, 4.69) is 78.4 Å². The van der Waals surface area contributed by atoms with Crippen molar-refractivity contribution in [1.82, 2.24) is 10.2 Å². The minimum atomic E-state index is -0.985. The molecule has 1 atom stereocenters. The molecule has 0 spiro atoms. The van der Waals surface area contributed by atoms with Gasteiger partial charge in [-0.2, -0.15) is 0 Å². The molecule has 0 fully saturated rings. The second-order valence-corrected chi connectivity index (χ2v) is 7.89. The number of hydrogen-bond acceptors (Lipinski definition) is 4. The zero-order chi connectivity index (χ0) is 22.4. The van der Waals surface area contributed by atoms with Gasteiger partial charge in [-0.1, -0.05) is 49.4 Å². The number of likely N-dealkylation sites (N-methyl/N-ethyl adjacent to an activating group) is 1. The van der Waals surface area contributed by atoms with Crippen molar-refractivity contribution in [1.29, 1.82) is 0 Å². The van der Waals surface area contributed by atoms with Crippen molar-refractivity contribution in [3.05, 3.63) is 82.7 Å². The van der Waals surface area contributed by atoms with Gasteiger partial charge in [0.1, 0.15) is 0 Å². The molecule has 1 aliphatic rings. The molecule has 3 rings (SSSR count). The third kappa shape index (κ3) is 5.12. The highest BCUT2D eigenvalue weighted by Gasteiger charge is 2.25. The topological polar surface area (TPSA) is 64.9 Å². The van der Waals surface area contributed by atoms with Gasteiger partial charge in [-0.15, -0.1) is 0 Å². The molecule has 2 aromatic carbocycles. The molecule has 0 saturated carbocycles. The number of rotatable bonds is 8. The Morgan fingerprint density at radius 2 is 2.10 bits per heavy atom. The number of carboxylic acids is 1. The van der Waals surface area contributed by atoms with Crippen LogP contribution < -0.4 is 5.32 Å². The molecule has 1 aliphatic heterocycles. The maximum absolute atomic E-state index is 11.6. The first kappa shape index (κ1) is 22.5. The van der Waals surface area contributed by atoms with Gasteiger partial charge in [0, 0.05) is 25.0 Å². The maximum Gasteiger partial charge on any atom is 0.337 e. The third-order valence-corrected chi connectivity index (χ3v) is 6.02. The van der Waals surface area contributed by atoms with Crippen LogP contribution in [-0.2, 0) is 17.6 Å². The molecule has 0 saturated heterocycles. The smallest absolute Gasteiger partial charge is 0.337 e. The molecule has 0 radical (unpaired) electrons. The molecule has 1 heterocycles. The quantitative estimate of drug-likeness (QED) is 0.374. The molecule has 2 aromatic rings. The van der Waals surface area contributed by atoms with Gasteiger partial charge < -0.3 is 10.4 Å². The minimum absolute atomic E-state index is 0.172. The molecule has 2 N–H and O–H groups in total. The molecule has 0 aromatic heterocycles. The predicted molar refractivity (Wildman–Crippen MR) is 127 cm³/mol. The van der Waals surface area contributed by atoms with Crippen LogP contribution in [-0.4, -0.2) is 42.8 Å². The van der Waals surface area contributed by atoms with Crippen LogP contribution in [0.3, 0.4) is 0 Å². The SMILES string of the molecule is C=N/C=C\C(C(=O)O)=C(/C)NC[C@@H]1c2ccc(-c3ccccc3CC)cc2CCN1C. The van der Waals surface area contributed by atoms with Crippen molar-refractivity contribution < 1.29 is 9.90 Å². The van der Waals surface area contributed by atoms with Gasteiger partial charge in [-0.25, -0.2) is 4.79 Å². The van der Waals surface area contributed by atoms with E-state index < -0.39 is 5.97 Å². The molecule has 0 unspecified atom stereocenters. The average Bonchev–Trinajstić information content (AvgIpc) is 2.78. The summed E-state index contributed by atoms with van der Waals surface area (Å²) in [4.78, 5) is 17.5. The Morgan fingerprint density at radius 3 is 2.81 bits per heavy atom. The number of aliphatic carboxylic acids is 1. The van der Waals surface area contributed by atoms with E-state index in [1.165, 1.54) is 40.1 Å². The Balaban J connectivity index is 1.87. The molecule has 5 nitrogen and oxygen atoms in total. The lowest BCUT2D eigenvalue weighted by atomic mass is 9.88. The molecular formula is C26H31N3O2. The van der Waals surface area contributed by atoms with E-state index >= 15 is 0 Å². The summed E-state index contributed by atoms with van der Waals surface area (Å²) in [6, 6.07) is 15.5. The Labute approximate surface area is 184 Å². The van der Waals surface area contributed by atoms with Crippen molar-refractivity contribution in [2.75, 3.05) is 20.1 Å². The van der Waals surface area contributed by atoms with Crippen LogP contribution in [0.4, 0.5) is 0 Å². The van der Waals surface area contributed by atoms with Crippen molar-refractivity contribution in [3.63, 3.8) is 0 Å². The number of aryl methyl sites for hydroxylation is 1. The van der Waals surface area contributed by atoms with Crippen LogP contribution in [0.5, 0.6) is 0 Å². The van der Waals surface area contributed by atoms with E-state index in [9.17, 15) is 9.90 Å². The summed E-state index contributed by atoms with van der Waals surface area (Å²) in [6.45, 7) is 8.94. The number of carboxylic acid groups (broad SMARTS) is 1. The van der Waals surface area contributed by atoms with Gasteiger partial charge in [-0.05, 0) is 67.4 Å². The number of benzene rings is 2. The summed E-state index contributed by atoms with van der Waals surface area (Å²) < 4.78 is 0. The zero-order valence-corrected chi connectivity index (χ0v) is 18.6. The average molecular weight is 418 g/mol. The van der Waals surface area contributed by atoms with E-state index in [0.717, 1.165) is 19.4 Å². The Kier molecular flexibility index (Phi) is 7.42. The van der Waals surface area contributed by atoms with Crippen LogP contribution >= 0.6 is 0 Å². The summed E-state index contributed by atoms with van der Waals surface area (Å²) in [6.07, 6.45) is 4.88. The van der Waals surface area contributed by atoms with E-state index in [-0.39, 0.29) is 11.6 Å². The number of nitrogens with one attached hydrogen (secondary N) is 1. The van der Waals surface area contributed by atoms with Crippen molar-refractivity contribution in [2.24, 2.45) is 4.99 Å². The van der Waals surface area contributed by atoms with Gasteiger partial charge in [0.2, 0.25) is 0 Å². The summed E-state index contributed by atoms with van der Waals surface area (Å²) in [5.74, 6) is -0.985. The number of carbonyl (C=O) groups is 1. The van der Waals surface area contributed by atoms with Gasteiger partial charge in [0.15, 0.2) is 0 Å². The third-order valence-electron chi connectivity index (χ3n) is 6.02. The van der Waals surface area contributed by atoms with Gasteiger partial charge in [-0.3, -0.25) is 9.89 Å². The molecular weight excluding hydrogens is 386 g/mol. The van der Waals surface area contributed by atoms with E-state index in [1.807, 2.05) is 0 Å². The Morgan fingerprint density at radius 1 is 1.32 bits per heavy atom. The maximum atomic E-state index is 11.6. The summed E-state index contributed by atoms with van der Waals surface area (Å²) in [7, 11) is 2.12. The second-order valence-electron chi connectivity index (χ2n) is 7.89. The Bertz CT molecular complexity index is 1020. The van der Waals surface area contributed by atoms with Crippen molar-refractivity contribution in [3.8, 4) is 11.1 Å². The van der Waals surface area contributed by atoms with Crippen LogP contribution in [0.25, 0.3) is 11.1 Å². The Hall–Kier alpha value is -3.18. The largest absolute Gasteiger partial charge is 0.478 e. The van der Waals surface area contributed by atoms with E-state index in [0.29, 0.717) is 12.2 Å². The first-order chi connectivity index (χ1) is 15.0. The number of nitrogens with zero attached hydrogens (tertiary/aromatic N) is 2. The molecule has 0 amide bonds. The lowest BCUT2D eigenvalue weighted by Gasteiger charge is -2.35. The summed E-state index contributed by atoms with van der Waals surface area (Å²) in [5, 5.41) is 12.8. The molecule has 0 bridgehead atoms. The predicted octanol–water partition coefficient (Wildman–Crippen LogP) is 4.61. The molecule has 5 heteroatoms. The van der Waals surface area contributed by atoms with Crippen LogP contribution in [0.2, 0.25) is 0 Å². The van der Waals surface area contributed by atoms with Gasteiger partial charge in [0.25, 0.3) is 0 Å². The molecule has 162 valence electrons. The first-order valence-corrected chi connectivity index (χ1v) is 10.7. The van der Waals surface area contributed by atoms with E-state index in [1.54, 1.807) is 6.92 Å². The fourth-order valence-electron chi connectivity index (χ4n) is 4.21. The van der Waals surface area contributed by atoms with Crippen molar-refractivity contribution in [2.45, 2.75) is 32.7 Å². The monoisotopic (exact) mass is 417 g/mol. The van der Waals surface area contributed by atoms with Gasteiger partial charge >= 0.3 is 5.97 Å². The number of fused-ring (bicyclic) bond motifs is 1. The molecule has 31 heavy (non-hydrogen) atoms. The van der Waals surface area contributed by atoms with Crippen LogP contribution in [0, 0.1) is 0 Å². The van der Waals surface area contributed by atoms with Crippen molar-refractivity contribution >= 4 is 12.7 Å². The summed E-state index contributed by atoms with van der Waals surface area (Å²) >= 11 is 0. The number of aliphatic imine (C=N–C) groups is 1. The lowest BCUT2D eigenvalue weighted by Crippen LogP contribution is -2.38. The number of hydrogen-bond donors (Lipinski definition) is 2. The zero-order valence-electron chi connectivity index (χ0n) is 18.6. The first-order valence-electron chi connectivity index (χ1n) is 10.7. The van der Waals surface area contributed by atoms with E-state index in [4.69, 9.17) is 0 Å². The second kappa shape index (κ2) is 10.2. The summed E-state index contributed by atoms with van der Waals surface area (Å²) in [5.41, 5.74) is 7.39.